The molecule has 4 nitrogen and oxygen atoms in total. The van der Waals surface area contributed by atoms with Gasteiger partial charge in [0.25, 0.3) is 0 Å². The molecular formula is C24H43F3O4. The van der Waals surface area contributed by atoms with Crippen molar-refractivity contribution in [2.45, 2.75) is 130 Å². The number of hydrogen-bond acceptors (Lipinski definition) is 4. The lowest BCUT2D eigenvalue weighted by atomic mass is 9.82. The topological polar surface area (TPSA) is 52.6 Å². The molecule has 0 fully saturated rings. The largest absolute Gasteiger partial charge is 0.465 e. The van der Waals surface area contributed by atoms with Crippen molar-refractivity contribution >= 4 is 11.9 Å². The van der Waals surface area contributed by atoms with Crippen LogP contribution in [-0.4, -0.2) is 30.8 Å². The Morgan fingerprint density at radius 3 is 1.52 bits per heavy atom. The Bertz CT molecular complexity index is 488. The van der Waals surface area contributed by atoms with E-state index in [1.54, 1.807) is 13.8 Å². The van der Waals surface area contributed by atoms with Crippen LogP contribution in [0.25, 0.3) is 0 Å². The number of carbonyl (C=O) groups excluding carboxylic acids is 2. The Labute approximate surface area is 186 Å². The zero-order valence-electron chi connectivity index (χ0n) is 20.0. The van der Waals surface area contributed by atoms with Gasteiger partial charge in [0.2, 0.25) is 0 Å². The van der Waals surface area contributed by atoms with Gasteiger partial charge < -0.3 is 9.47 Å². The Kier molecular flexibility index (Phi) is 15.7. The van der Waals surface area contributed by atoms with Crippen molar-refractivity contribution < 1.29 is 32.2 Å². The fraction of sp³-hybridized carbons (Fsp3) is 0.917. The third kappa shape index (κ3) is 11.8. The van der Waals surface area contributed by atoms with Gasteiger partial charge in [0.1, 0.15) is 0 Å². The van der Waals surface area contributed by atoms with Crippen LogP contribution < -0.4 is 0 Å². The molecule has 1 atom stereocenters. The first-order valence-electron chi connectivity index (χ1n) is 12.1. The molecule has 184 valence electrons. The van der Waals surface area contributed by atoms with Crippen LogP contribution in [0, 0.1) is 5.41 Å². The minimum absolute atomic E-state index is 0.0319. The number of alkyl halides is 3. The van der Waals surface area contributed by atoms with Crippen LogP contribution in [0.5, 0.6) is 0 Å². The van der Waals surface area contributed by atoms with E-state index in [1.807, 2.05) is 0 Å². The van der Waals surface area contributed by atoms with Gasteiger partial charge in [0, 0.05) is 0 Å². The van der Waals surface area contributed by atoms with Gasteiger partial charge in [0.05, 0.1) is 6.61 Å². The first-order valence-corrected chi connectivity index (χ1v) is 12.1. The van der Waals surface area contributed by atoms with Crippen molar-refractivity contribution in [2.24, 2.45) is 5.41 Å². The van der Waals surface area contributed by atoms with Gasteiger partial charge in [-0.1, -0.05) is 91.4 Å². The summed E-state index contributed by atoms with van der Waals surface area (Å²) in [6.45, 7) is 6.30. The molecule has 0 spiro atoms. The molecule has 0 heterocycles. The molecule has 0 radical (unpaired) electrons. The standard InChI is InChI=1S/C24H43F3O4/c1-5-8-9-10-11-12-13-14-15-16-17-18-19-30-21(28)23(6-2,7-3)22(29)31-20(4)24(25,26)27/h20H,5-19H2,1-4H3. The zero-order valence-corrected chi connectivity index (χ0v) is 20.0. The van der Waals surface area contributed by atoms with Crippen molar-refractivity contribution in [3.8, 4) is 0 Å². The number of unbranched alkanes of at least 4 members (excludes halogenated alkanes) is 11. The highest BCUT2D eigenvalue weighted by Gasteiger charge is 2.49. The summed E-state index contributed by atoms with van der Waals surface area (Å²) in [7, 11) is 0. The fourth-order valence-corrected chi connectivity index (χ4v) is 3.50. The molecule has 0 aliphatic carbocycles. The molecule has 0 aliphatic heterocycles. The fourth-order valence-electron chi connectivity index (χ4n) is 3.50. The molecule has 0 saturated heterocycles. The highest BCUT2D eigenvalue weighted by molar-refractivity contribution is 6.00. The average molecular weight is 453 g/mol. The number of rotatable bonds is 18. The van der Waals surface area contributed by atoms with Crippen LogP contribution in [0.15, 0.2) is 0 Å². The third-order valence-corrected chi connectivity index (χ3v) is 5.96. The molecule has 0 rings (SSSR count). The lowest BCUT2D eigenvalue weighted by Gasteiger charge is -2.29. The summed E-state index contributed by atoms with van der Waals surface area (Å²) in [5, 5.41) is 0. The van der Waals surface area contributed by atoms with Crippen molar-refractivity contribution in [1.82, 2.24) is 0 Å². The minimum atomic E-state index is -4.66. The molecule has 31 heavy (non-hydrogen) atoms. The second-order valence-corrected chi connectivity index (χ2v) is 8.40. The number of ether oxygens (including phenoxy) is 2. The zero-order chi connectivity index (χ0) is 23.8. The molecule has 1 unspecified atom stereocenters. The van der Waals surface area contributed by atoms with Crippen LogP contribution in [0.4, 0.5) is 13.2 Å². The molecule has 0 aromatic heterocycles. The van der Waals surface area contributed by atoms with E-state index in [1.165, 1.54) is 51.4 Å². The maximum Gasteiger partial charge on any atom is 0.425 e. The average Bonchev–Trinajstić information content (AvgIpc) is 2.72. The monoisotopic (exact) mass is 452 g/mol. The second kappa shape index (κ2) is 16.4. The van der Waals surface area contributed by atoms with E-state index in [2.05, 4.69) is 11.7 Å². The first kappa shape index (κ1) is 29.7. The van der Waals surface area contributed by atoms with Crippen LogP contribution >= 0.6 is 0 Å². The molecule has 0 amide bonds. The highest BCUT2D eigenvalue weighted by Crippen LogP contribution is 2.33. The molecule has 0 saturated carbocycles. The van der Waals surface area contributed by atoms with Crippen molar-refractivity contribution in [3.63, 3.8) is 0 Å². The van der Waals surface area contributed by atoms with E-state index >= 15 is 0 Å². The van der Waals surface area contributed by atoms with E-state index < -0.39 is 29.6 Å². The van der Waals surface area contributed by atoms with Crippen molar-refractivity contribution in [3.05, 3.63) is 0 Å². The highest BCUT2D eigenvalue weighted by atomic mass is 19.4. The summed E-state index contributed by atoms with van der Waals surface area (Å²) < 4.78 is 47.9. The van der Waals surface area contributed by atoms with Crippen LogP contribution in [-0.2, 0) is 19.1 Å². The second-order valence-electron chi connectivity index (χ2n) is 8.40. The number of hydrogen-bond donors (Lipinski definition) is 0. The lowest BCUT2D eigenvalue weighted by molar-refractivity contribution is -0.223. The SMILES string of the molecule is CCCCCCCCCCCCCCOC(=O)C(CC)(CC)C(=O)OC(C)C(F)(F)F. The van der Waals surface area contributed by atoms with E-state index in [4.69, 9.17) is 4.74 Å². The number of halogens is 3. The summed E-state index contributed by atoms with van der Waals surface area (Å²) in [5.74, 6) is -1.96. The van der Waals surface area contributed by atoms with Crippen molar-refractivity contribution in [2.75, 3.05) is 6.61 Å². The lowest BCUT2D eigenvalue weighted by Crippen LogP contribution is -2.44. The Hall–Kier alpha value is -1.27. The third-order valence-electron chi connectivity index (χ3n) is 5.96. The number of carbonyl (C=O) groups is 2. The predicted molar refractivity (Wildman–Crippen MR) is 117 cm³/mol. The maximum absolute atomic E-state index is 12.7. The Morgan fingerprint density at radius 2 is 1.13 bits per heavy atom. The summed E-state index contributed by atoms with van der Waals surface area (Å²) in [5.41, 5.74) is -1.68. The van der Waals surface area contributed by atoms with E-state index in [0.29, 0.717) is 6.42 Å². The van der Waals surface area contributed by atoms with Gasteiger partial charge in [-0.2, -0.15) is 13.2 Å². The van der Waals surface area contributed by atoms with E-state index in [-0.39, 0.29) is 19.4 Å². The van der Waals surface area contributed by atoms with Crippen LogP contribution in [0.1, 0.15) is 118 Å². The summed E-state index contributed by atoms with van der Waals surface area (Å²) in [4.78, 5) is 24.8. The molecule has 0 aromatic carbocycles. The van der Waals surface area contributed by atoms with Crippen LogP contribution in [0.3, 0.4) is 0 Å². The van der Waals surface area contributed by atoms with E-state index in [9.17, 15) is 22.8 Å². The Morgan fingerprint density at radius 1 is 0.710 bits per heavy atom. The normalized spacial score (nSPS) is 13.1. The van der Waals surface area contributed by atoms with Crippen molar-refractivity contribution in [1.29, 1.82) is 0 Å². The minimum Gasteiger partial charge on any atom is -0.465 e. The van der Waals surface area contributed by atoms with Gasteiger partial charge >= 0.3 is 18.1 Å². The molecule has 0 aliphatic rings. The van der Waals surface area contributed by atoms with Crippen LogP contribution in [0.2, 0.25) is 0 Å². The summed E-state index contributed by atoms with van der Waals surface area (Å²) in [6, 6.07) is 0. The quantitative estimate of drug-likeness (QED) is 0.122. The van der Waals surface area contributed by atoms with E-state index in [0.717, 1.165) is 26.2 Å². The molecule has 0 N–H and O–H groups in total. The van der Waals surface area contributed by atoms with Gasteiger partial charge in [-0.25, -0.2) is 0 Å². The molecule has 7 heteroatoms. The Balaban J connectivity index is 4.12. The van der Waals surface area contributed by atoms with Gasteiger partial charge in [-0.05, 0) is 26.2 Å². The summed E-state index contributed by atoms with van der Waals surface area (Å²) >= 11 is 0. The maximum atomic E-state index is 12.7. The molecular weight excluding hydrogens is 409 g/mol. The van der Waals surface area contributed by atoms with Gasteiger partial charge in [0.15, 0.2) is 11.5 Å². The van der Waals surface area contributed by atoms with Gasteiger partial charge in [-0.3, -0.25) is 9.59 Å². The molecule has 0 aromatic rings. The smallest absolute Gasteiger partial charge is 0.425 e. The predicted octanol–water partition coefficient (Wildman–Crippen LogP) is 7.53. The van der Waals surface area contributed by atoms with Gasteiger partial charge in [-0.15, -0.1) is 0 Å². The number of esters is 2. The molecule has 0 bridgehead atoms. The first-order chi connectivity index (χ1) is 14.7. The summed E-state index contributed by atoms with van der Waals surface area (Å²) in [6.07, 6.45) is 7.30.